The lowest BCUT2D eigenvalue weighted by atomic mass is 10.2. The van der Waals surface area contributed by atoms with Gasteiger partial charge in [-0.05, 0) is 48.5 Å². The molecule has 2 aromatic carbocycles. The van der Waals surface area contributed by atoms with Crippen molar-refractivity contribution in [3.8, 4) is 5.75 Å². The lowest BCUT2D eigenvalue weighted by molar-refractivity contribution is -0.148. The molecule has 0 aromatic heterocycles. The number of ether oxygens (including phenoxy) is 2. The van der Waals surface area contributed by atoms with Crippen LogP contribution in [-0.2, 0) is 20.9 Å². The van der Waals surface area contributed by atoms with E-state index in [2.05, 4.69) is 4.74 Å². The summed E-state index contributed by atoms with van der Waals surface area (Å²) < 4.78 is 23.9. The van der Waals surface area contributed by atoms with E-state index in [1.54, 1.807) is 48.5 Å². The summed E-state index contributed by atoms with van der Waals surface area (Å²) in [6.07, 6.45) is 1.55. The Kier molecular flexibility index (Phi) is 6.33. The first-order chi connectivity index (χ1) is 13.9. The van der Waals surface area contributed by atoms with Gasteiger partial charge in [0.2, 0.25) is 0 Å². The minimum Gasteiger partial charge on any atom is -0.489 e. The lowest BCUT2D eigenvalue weighted by Crippen LogP contribution is -2.42. The van der Waals surface area contributed by atoms with Crippen LogP contribution >= 0.6 is 11.8 Å². The molecule has 1 fully saturated rings. The molecule has 8 heteroatoms. The number of rotatable bonds is 6. The number of hydrogen-bond donors (Lipinski definition) is 0. The molecule has 1 aliphatic rings. The Balaban J connectivity index is 1.75. The molecule has 1 saturated heterocycles. The smallest absolute Gasteiger partial charge is 0.328 e. The molecule has 150 valence electrons. The maximum atomic E-state index is 13.7. The second-order valence-corrected chi connectivity index (χ2v) is 7.20. The van der Waals surface area contributed by atoms with Gasteiger partial charge in [0, 0.05) is 5.56 Å². The Morgan fingerprint density at radius 2 is 1.97 bits per heavy atom. The second-order valence-electron chi connectivity index (χ2n) is 6.20. The first kappa shape index (κ1) is 20.6. The van der Waals surface area contributed by atoms with Gasteiger partial charge in [-0.25, -0.2) is 9.18 Å². The third-order valence-corrected chi connectivity index (χ3v) is 5.14. The van der Waals surface area contributed by atoms with Crippen LogP contribution in [0.15, 0.2) is 53.4 Å². The Morgan fingerprint density at radius 3 is 2.69 bits per heavy atom. The van der Waals surface area contributed by atoms with Gasteiger partial charge in [-0.3, -0.25) is 14.5 Å². The molecule has 0 spiro atoms. The van der Waals surface area contributed by atoms with Gasteiger partial charge in [0.05, 0.1) is 12.0 Å². The molecule has 3 rings (SSSR count). The van der Waals surface area contributed by atoms with Gasteiger partial charge in [0.25, 0.3) is 11.1 Å². The van der Waals surface area contributed by atoms with E-state index in [-0.39, 0.29) is 17.3 Å². The minimum atomic E-state index is -1.01. The summed E-state index contributed by atoms with van der Waals surface area (Å²) in [5.41, 5.74) is 1.06. The SMILES string of the molecule is COC(=O)[C@H](C)N1C(=O)S/C(=C/c2cccc(OCc3ccccc3F)c2)C1=O. The third-order valence-electron chi connectivity index (χ3n) is 4.26. The monoisotopic (exact) mass is 415 g/mol. The summed E-state index contributed by atoms with van der Waals surface area (Å²) in [5, 5.41) is -0.536. The highest BCUT2D eigenvalue weighted by Crippen LogP contribution is 2.34. The number of carbonyl (C=O) groups is 3. The van der Waals surface area contributed by atoms with E-state index in [0.29, 0.717) is 16.9 Å². The topological polar surface area (TPSA) is 72.9 Å². The predicted octanol–water partition coefficient (Wildman–Crippen LogP) is 4.00. The zero-order chi connectivity index (χ0) is 21.0. The largest absolute Gasteiger partial charge is 0.489 e. The molecule has 0 aliphatic carbocycles. The van der Waals surface area contributed by atoms with Gasteiger partial charge >= 0.3 is 5.97 Å². The van der Waals surface area contributed by atoms with Crippen molar-refractivity contribution in [2.45, 2.75) is 19.6 Å². The fraction of sp³-hybridized carbons (Fsp3) is 0.190. The van der Waals surface area contributed by atoms with Crippen LogP contribution in [-0.4, -0.2) is 35.2 Å². The summed E-state index contributed by atoms with van der Waals surface area (Å²) >= 11 is 0.751. The number of esters is 1. The van der Waals surface area contributed by atoms with Gasteiger partial charge < -0.3 is 9.47 Å². The maximum absolute atomic E-state index is 13.7. The number of thioether (sulfide) groups is 1. The van der Waals surface area contributed by atoms with Crippen LogP contribution in [0.25, 0.3) is 6.08 Å². The van der Waals surface area contributed by atoms with E-state index in [1.807, 2.05) is 0 Å². The van der Waals surface area contributed by atoms with Crippen molar-refractivity contribution in [3.63, 3.8) is 0 Å². The van der Waals surface area contributed by atoms with E-state index >= 15 is 0 Å². The van der Waals surface area contributed by atoms with Gasteiger partial charge in [-0.1, -0.05) is 30.3 Å². The predicted molar refractivity (Wildman–Crippen MR) is 106 cm³/mol. The molecule has 1 aliphatic heterocycles. The molecule has 1 atom stereocenters. The Hall–Kier alpha value is -3.13. The van der Waals surface area contributed by atoms with Crippen LogP contribution in [0.3, 0.4) is 0 Å². The van der Waals surface area contributed by atoms with Crippen LogP contribution in [0.2, 0.25) is 0 Å². The fourth-order valence-electron chi connectivity index (χ4n) is 2.71. The standard InChI is InChI=1S/C21H18FNO5S/c1-13(20(25)27-2)23-19(24)18(29-21(23)26)11-14-6-5-8-16(10-14)28-12-15-7-3-4-9-17(15)22/h3-11,13H,12H2,1-2H3/b18-11+/t13-/m0/s1. The first-order valence-corrected chi connectivity index (χ1v) is 9.53. The zero-order valence-corrected chi connectivity index (χ0v) is 16.6. The number of carbonyl (C=O) groups excluding carboxylic acids is 3. The zero-order valence-electron chi connectivity index (χ0n) is 15.8. The molecule has 0 N–H and O–H groups in total. The summed E-state index contributed by atoms with van der Waals surface area (Å²) in [6, 6.07) is 12.2. The average Bonchev–Trinajstić information content (AvgIpc) is 2.99. The van der Waals surface area contributed by atoms with Crippen LogP contribution < -0.4 is 4.74 Å². The molecule has 0 bridgehead atoms. The molecular weight excluding hydrogens is 397 g/mol. The highest BCUT2D eigenvalue weighted by atomic mass is 32.2. The van der Waals surface area contributed by atoms with Gasteiger partial charge in [-0.15, -0.1) is 0 Å². The molecule has 1 heterocycles. The van der Waals surface area contributed by atoms with Crippen molar-refractivity contribution < 1.29 is 28.2 Å². The molecule has 0 saturated carbocycles. The van der Waals surface area contributed by atoms with E-state index in [1.165, 1.54) is 20.1 Å². The molecule has 2 aromatic rings. The molecular formula is C21H18FNO5S. The van der Waals surface area contributed by atoms with Crippen molar-refractivity contribution in [3.05, 3.63) is 70.4 Å². The number of amides is 2. The summed E-state index contributed by atoms with van der Waals surface area (Å²) in [7, 11) is 1.20. The maximum Gasteiger partial charge on any atom is 0.328 e. The van der Waals surface area contributed by atoms with E-state index in [9.17, 15) is 18.8 Å². The van der Waals surface area contributed by atoms with Crippen LogP contribution in [0.1, 0.15) is 18.1 Å². The van der Waals surface area contributed by atoms with E-state index < -0.39 is 23.2 Å². The number of imide groups is 1. The Bertz CT molecular complexity index is 991. The number of nitrogens with zero attached hydrogens (tertiary/aromatic N) is 1. The van der Waals surface area contributed by atoms with E-state index in [4.69, 9.17) is 4.74 Å². The average molecular weight is 415 g/mol. The van der Waals surface area contributed by atoms with Crippen LogP contribution in [0, 0.1) is 5.82 Å². The van der Waals surface area contributed by atoms with Crippen molar-refractivity contribution in [2.75, 3.05) is 7.11 Å². The van der Waals surface area contributed by atoms with Crippen molar-refractivity contribution in [2.24, 2.45) is 0 Å². The fourth-order valence-corrected chi connectivity index (χ4v) is 3.62. The van der Waals surface area contributed by atoms with Crippen LogP contribution in [0.4, 0.5) is 9.18 Å². The number of hydrogen-bond acceptors (Lipinski definition) is 6. The molecule has 2 amide bonds. The highest BCUT2D eigenvalue weighted by molar-refractivity contribution is 8.18. The third kappa shape index (κ3) is 4.65. The number of methoxy groups -OCH3 is 1. The molecule has 0 radical (unpaired) electrons. The summed E-state index contributed by atoms with van der Waals surface area (Å²) in [4.78, 5) is 37.5. The minimum absolute atomic E-state index is 0.0588. The Labute approximate surface area is 171 Å². The summed E-state index contributed by atoms with van der Waals surface area (Å²) in [5.74, 6) is -1.09. The summed E-state index contributed by atoms with van der Waals surface area (Å²) in [6.45, 7) is 1.49. The Morgan fingerprint density at radius 1 is 1.21 bits per heavy atom. The molecule has 29 heavy (non-hydrogen) atoms. The normalized spacial score (nSPS) is 16.2. The number of halogens is 1. The van der Waals surface area contributed by atoms with Crippen molar-refractivity contribution >= 4 is 35.0 Å². The lowest BCUT2D eigenvalue weighted by Gasteiger charge is -2.18. The van der Waals surface area contributed by atoms with Crippen molar-refractivity contribution in [1.29, 1.82) is 0 Å². The van der Waals surface area contributed by atoms with Gasteiger partial charge in [0.1, 0.15) is 24.2 Å². The first-order valence-electron chi connectivity index (χ1n) is 8.72. The second kappa shape index (κ2) is 8.91. The quantitative estimate of drug-likeness (QED) is 0.525. The number of benzene rings is 2. The molecule has 6 nitrogen and oxygen atoms in total. The van der Waals surface area contributed by atoms with Crippen molar-refractivity contribution in [1.82, 2.24) is 4.90 Å². The van der Waals surface area contributed by atoms with Gasteiger partial charge in [-0.2, -0.15) is 0 Å². The van der Waals surface area contributed by atoms with E-state index in [0.717, 1.165) is 16.7 Å². The highest BCUT2D eigenvalue weighted by Gasteiger charge is 2.41. The van der Waals surface area contributed by atoms with Crippen LogP contribution in [0.5, 0.6) is 5.75 Å². The van der Waals surface area contributed by atoms with Gasteiger partial charge in [0.15, 0.2) is 0 Å². The molecule has 0 unspecified atom stereocenters.